The second-order valence-electron chi connectivity index (χ2n) is 6.42. The van der Waals surface area contributed by atoms with E-state index >= 15 is 0 Å². The van der Waals surface area contributed by atoms with E-state index in [1.54, 1.807) is 0 Å². The predicted octanol–water partition coefficient (Wildman–Crippen LogP) is 2.00. The molecule has 1 saturated heterocycles. The van der Waals surface area contributed by atoms with Crippen molar-refractivity contribution in [2.75, 3.05) is 32.7 Å². The van der Waals surface area contributed by atoms with Gasteiger partial charge in [-0.2, -0.15) is 0 Å². The highest BCUT2D eigenvalue weighted by Crippen LogP contribution is 2.38. The van der Waals surface area contributed by atoms with Gasteiger partial charge in [-0.25, -0.2) is 0 Å². The van der Waals surface area contributed by atoms with Gasteiger partial charge in [0.25, 0.3) is 0 Å². The molecular formula is C15H30N2O. The van der Waals surface area contributed by atoms with Gasteiger partial charge in [0.1, 0.15) is 0 Å². The quantitative estimate of drug-likeness (QED) is 0.712. The van der Waals surface area contributed by atoms with Crippen LogP contribution in [0.3, 0.4) is 0 Å². The third kappa shape index (κ3) is 3.94. The van der Waals surface area contributed by atoms with Gasteiger partial charge in [0.2, 0.25) is 0 Å². The lowest BCUT2D eigenvalue weighted by atomic mass is 9.84. The Morgan fingerprint density at radius 2 is 2.06 bits per heavy atom. The number of hydrogen-bond donors (Lipinski definition) is 2. The van der Waals surface area contributed by atoms with E-state index in [0.717, 1.165) is 19.5 Å². The van der Waals surface area contributed by atoms with Crippen LogP contribution in [0.4, 0.5) is 0 Å². The minimum absolute atomic E-state index is 0.0826. The molecule has 106 valence electrons. The van der Waals surface area contributed by atoms with Gasteiger partial charge in [-0.05, 0) is 50.6 Å². The minimum atomic E-state index is -0.0826. The first-order valence-electron chi connectivity index (χ1n) is 7.85. The summed E-state index contributed by atoms with van der Waals surface area (Å²) in [6, 6.07) is 0. The van der Waals surface area contributed by atoms with Crippen LogP contribution >= 0.6 is 0 Å². The summed E-state index contributed by atoms with van der Waals surface area (Å²) in [7, 11) is 0. The summed E-state index contributed by atoms with van der Waals surface area (Å²) in [4.78, 5) is 2.51. The fraction of sp³-hybridized carbons (Fsp3) is 1.00. The summed E-state index contributed by atoms with van der Waals surface area (Å²) in [5.41, 5.74) is 0.492. The second-order valence-corrected chi connectivity index (χ2v) is 6.42. The number of rotatable bonds is 6. The van der Waals surface area contributed by atoms with Gasteiger partial charge in [0.15, 0.2) is 0 Å². The zero-order valence-corrected chi connectivity index (χ0v) is 12.0. The predicted molar refractivity (Wildman–Crippen MR) is 75.7 cm³/mol. The number of hydrogen-bond acceptors (Lipinski definition) is 3. The van der Waals surface area contributed by atoms with Crippen molar-refractivity contribution in [3.63, 3.8) is 0 Å². The highest BCUT2D eigenvalue weighted by molar-refractivity contribution is 4.90. The molecule has 1 saturated carbocycles. The average Bonchev–Trinajstić information content (AvgIpc) is 2.78. The van der Waals surface area contributed by atoms with Crippen LogP contribution in [0.2, 0.25) is 0 Å². The van der Waals surface area contributed by atoms with Crippen LogP contribution in [0.1, 0.15) is 51.9 Å². The molecule has 0 aromatic carbocycles. The van der Waals surface area contributed by atoms with Crippen molar-refractivity contribution in [1.29, 1.82) is 0 Å². The number of piperidine rings is 1. The molecule has 3 nitrogen and oxygen atoms in total. The van der Waals surface area contributed by atoms with E-state index in [0.29, 0.717) is 5.41 Å². The van der Waals surface area contributed by atoms with Crippen molar-refractivity contribution in [3.8, 4) is 0 Å². The third-order valence-corrected chi connectivity index (χ3v) is 4.63. The van der Waals surface area contributed by atoms with Crippen LogP contribution in [-0.4, -0.2) is 48.8 Å². The SMILES string of the molecule is CCCNCC1(CN2CCCC(O)C2)CCCC1. The maximum atomic E-state index is 9.79. The van der Waals surface area contributed by atoms with Crippen molar-refractivity contribution >= 4 is 0 Å². The van der Waals surface area contributed by atoms with Gasteiger partial charge in [0.05, 0.1) is 6.10 Å². The Hall–Kier alpha value is -0.120. The van der Waals surface area contributed by atoms with Crippen molar-refractivity contribution in [1.82, 2.24) is 10.2 Å². The molecule has 0 aromatic rings. The van der Waals surface area contributed by atoms with E-state index in [2.05, 4.69) is 17.1 Å². The van der Waals surface area contributed by atoms with Gasteiger partial charge in [-0.3, -0.25) is 0 Å². The topological polar surface area (TPSA) is 35.5 Å². The molecule has 0 spiro atoms. The summed E-state index contributed by atoms with van der Waals surface area (Å²) < 4.78 is 0. The lowest BCUT2D eigenvalue weighted by molar-refractivity contribution is 0.0438. The van der Waals surface area contributed by atoms with Gasteiger partial charge in [0, 0.05) is 19.6 Å². The molecule has 3 heteroatoms. The Bertz CT molecular complexity index is 239. The standard InChI is InChI=1S/C15H30N2O/c1-2-9-16-12-15(7-3-4-8-15)13-17-10-5-6-14(18)11-17/h14,16,18H,2-13H2,1H3. The monoisotopic (exact) mass is 254 g/mol. The largest absolute Gasteiger partial charge is 0.392 e. The van der Waals surface area contributed by atoms with Crippen LogP contribution in [0.15, 0.2) is 0 Å². The van der Waals surface area contributed by atoms with Crippen LogP contribution in [0.25, 0.3) is 0 Å². The van der Waals surface area contributed by atoms with Crippen LogP contribution in [-0.2, 0) is 0 Å². The van der Waals surface area contributed by atoms with Gasteiger partial charge >= 0.3 is 0 Å². The van der Waals surface area contributed by atoms with Crippen molar-refractivity contribution in [3.05, 3.63) is 0 Å². The molecule has 0 amide bonds. The molecule has 1 unspecified atom stereocenters. The Balaban J connectivity index is 1.84. The fourth-order valence-electron chi connectivity index (χ4n) is 3.70. The number of β-amino-alcohol motifs (C(OH)–C–C–N with tert-alkyl or cyclic N) is 1. The average molecular weight is 254 g/mol. The highest BCUT2D eigenvalue weighted by atomic mass is 16.3. The van der Waals surface area contributed by atoms with E-state index in [1.807, 2.05) is 0 Å². The molecule has 1 heterocycles. The first-order valence-corrected chi connectivity index (χ1v) is 7.85. The molecule has 1 aliphatic carbocycles. The molecule has 2 fully saturated rings. The second kappa shape index (κ2) is 6.88. The lowest BCUT2D eigenvalue weighted by Gasteiger charge is -2.38. The van der Waals surface area contributed by atoms with E-state index < -0.39 is 0 Å². The van der Waals surface area contributed by atoms with Gasteiger partial charge in [-0.15, -0.1) is 0 Å². The molecule has 0 aromatic heterocycles. The number of nitrogens with one attached hydrogen (secondary N) is 1. The molecule has 0 bridgehead atoms. The summed E-state index contributed by atoms with van der Waals surface area (Å²) in [5.74, 6) is 0. The molecule has 2 N–H and O–H groups in total. The summed E-state index contributed by atoms with van der Waals surface area (Å²) in [6.45, 7) is 7.83. The van der Waals surface area contributed by atoms with Crippen molar-refractivity contribution < 1.29 is 5.11 Å². The highest BCUT2D eigenvalue weighted by Gasteiger charge is 2.36. The Morgan fingerprint density at radius 1 is 1.28 bits per heavy atom. The molecule has 1 aliphatic heterocycles. The van der Waals surface area contributed by atoms with Crippen LogP contribution in [0, 0.1) is 5.41 Å². The minimum Gasteiger partial charge on any atom is -0.392 e. The molecule has 1 atom stereocenters. The molecule has 0 radical (unpaired) electrons. The maximum Gasteiger partial charge on any atom is 0.0667 e. The Morgan fingerprint density at radius 3 is 2.72 bits per heavy atom. The number of likely N-dealkylation sites (tertiary alicyclic amines) is 1. The third-order valence-electron chi connectivity index (χ3n) is 4.63. The van der Waals surface area contributed by atoms with Crippen molar-refractivity contribution in [2.45, 2.75) is 58.0 Å². The number of nitrogens with zero attached hydrogens (tertiary/aromatic N) is 1. The smallest absolute Gasteiger partial charge is 0.0667 e. The van der Waals surface area contributed by atoms with Crippen molar-refractivity contribution in [2.24, 2.45) is 5.41 Å². The lowest BCUT2D eigenvalue weighted by Crippen LogP contribution is -2.47. The van der Waals surface area contributed by atoms with E-state index in [9.17, 15) is 5.11 Å². The zero-order chi connectivity index (χ0) is 12.8. The zero-order valence-electron chi connectivity index (χ0n) is 12.0. The first kappa shape index (κ1) is 14.3. The molecule has 2 rings (SSSR count). The summed E-state index contributed by atoms with van der Waals surface area (Å²) >= 11 is 0. The molecular weight excluding hydrogens is 224 g/mol. The summed E-state index contributed by atoms with van der Waals surface area (Å²) in [5, 5.41) is 13.4. The number of aliphatic hydroxyl groups excluding tert-OH is 1. The van der Waals surface area contributed by atoms with Crippen LogP contribution < -0.4 is 5.32 Å². The number of aliphatic hydroxyl groups is 1. The fourth-order valence-corrected chi connectivity index (χ4v) is 3.70. The molecule has 2 aliphatic rings. The van der Waals surface area contributed by atoms with Gasteiger partial charge < -0.3 is 15.3 Å². The van der Waals surface area contributed by atoms with Gasteiger partial charge in [-0.1, -0.05) is 19.8 Å². The van der Waals surface area contributed by atoms with E-state index in [1.165, 1.54) is 58.2 Å². The van der Waals surface area contributed by atoms with Crippen LogP contribution in [0.5, 0.6) is 0 Å². The maximum absolute atomic E-state index is 9.79. The normalized spacial score (nSPS) is 28.7. The Labute approximate surface area is 112 Å². The Kier molecular flexibility index (Phi) is 5.46. The first-order chi connectivity index (χ1) is 8.74. The molecule has 18 heavy (non-hydrogen) atoms. The van der Waals surface area contributed by atoms with E-state index in [4.69, 9.17) is 0 Å². The van der Waals surface area contributed by atoms with E-state index in [-0.39, 0.29) is 6.10 Å². The summed E-state index contributed by atoms with van der Waals surface area (Å²) in [6.07, 6.45) is 8.83.